The molecule has 4 heterocycles. The van der Waals surface area contributed by atoms with E-state index in [1.807, 2.05) is 0 Å². The summed E-state index contributed by atoms with van der Waals surface area (Å²) >= 11 is 0. The molecule has 0 spiro atoms. The number of ether oxygens (including phenoxy) is 4. The van der Waals surface area contributed by atoms with Crippen molar-refractivity contribution in [3.63, 3.8) is 0 Å². The van der Waals surface area contributed by atoms with Crippen molar-refractivity contribution in [3.8, 4) is 0 Å². The number of aliphatic hydroxyl groups is 9. The van der Waals surface area contributed by atoms with E-state index in [0.29, 0.717) is 29.6 Å². The maximum absolute atomic E-state index is 11.0. The molecule has 0 amide bonds. The summed E-state index contributed by atoms with van der Waals surface area (Å²) in [6.45, 7) is 8.60. The molecule has 61 heavy (non-hydrogen) atoms. The Morgan fingerprint density at radius 1 is 0.738 bits per heavy atom. The summed E-state index contributed by atoms with van der Waals surface area (Å²) in [7, 11) is 0. The van der Waals surface area contributed by atoms with Gasteiger partial charge in [0.05, 0.1) is 57.1 Å². The van der Waals surface area contributed by atoms with Gasteiger partial charge in [-0.05, 0) is 85.9 Å². The largest absolute Gasteiger partial charge is 0.394 e. The van der Waals surface area contributed by atoms with Crippen molar-refractivity contribution in [3.05, 3.63) is 23.8 Å². The van der Waals surface area contributed by atoms with Gasteiger partial charge in [-0.25, -0.2) is 9.36 Å². The van der Waals surface area contributed by atoms with Crippen molar-refractivity contribution in [1.29, 1.82) is 0 Å². The molecule has 2 aliphatic heterocycles. The van der Waals surface area contributed by atoms with Gasteiger partial charge in [-0.1, -0.05) is 51.0 Å². The van der Waals surface area contributed by atoms with Gasteiger partial charge in [-0.15, -0.1) is 10.2 Å². The summed E-state index contributed by atoms with van der Waals surface area (Å²) in [5, 5.41) is 110. The quantitative estimate of drug-likeness (QED) is 0.128. The van der Waals surface area contributed by atoms with Crippen LogP contribution in [-0.2, 0) is 32.2 Å². The van der Waals surface area contributed by atoms with E-state index in [9.17, 15) is 46.0 Å². The van der Waals surface area contributed by atoms with Gasteiger partial charge in [0.2, 0.25) is 0 Å². The summed E-state index contributed by atoms with van der Waals surface area (Å²) in [5.74, 6) is 1.76. The Labute approximate surface area is 356 Å². The molecule has 19 heteroatoms. The number of rotatable bonds is 13. The number of hydrogen-bond donors (Lipinski definition) is 9. The van der Waals surface area contributed by atoms with E-state index in [1.54, 1.807) is 12.4 Å². The maximum Gasteiger partial charge on any atom is 0.180 e. The van der Waals surface area contributed by atoms with Gasteiger partial charge >= 0.3 is 0 Å². The van der Waals surface area contributed by atoms with Crippen LogP contribution < -0.4 is 0 Å². The van der Waals surface area contributed by atoms with Crippen molar-refractivity contribution < 1.29 is 64.9 Å². The van der Waals surface area contributed by atoms with Crippen LogP contribution in [0.3, 0.4) is 0 Å². The zero-order chi connectivity index (χ0) is 43.5. The molecular formula is C42H68N6O13. The third-order valence-electron chi connectivity index (χ3n) is 16.5. The van der Waals surface area contributed by atoms with Crippen molar-refractivity contribution >= 4 is 0 Å². The number of fused-ring (bicyclic) bond motifs is 5. The molecule has 6 fully saturated rings. The zero-order valence-corrected chi connectivity index (χ0v) is 35.7. The number of nitrogens with zero attached hydrogens (tertiary/aromatic N) is 6. The standard InChI is InChI=1S/C42H68N6O13/c1-5-6-20(2)25-7-8-26-32-27(13-31(42(25,26)4)59-19-23-15-48(46-44-23)40-38(57)36(55)34(53)30(17-50)61-40)41(3)10-9-24(51)11-21(41)12-28(32)58-18-22-14-47(45-43-22)39-37(56)35(54)33(52)29(16-49)60-39/h14-15,20-21,24-40,49-57H,5-13,16-19H2,1-4H3/t20-,21+,24-,25-,26+,27+,28-,29?,30?,31+,32+,33-,34-,35?,36?,37+,38+,39-,40-,41+,42-/m1/s1. The third-order valence-corrected chi connectivity index (χ3v) is 16.5. The Balaban J connectivity index is 1.05. The minimum atomic E-state index is -1.55. The molecule has 344 valence electrons. The zero-order valence-electron chi connectivity index (χ0n) is 35.7. The minimum Gasteiger partial charge on any atom is -0.394 e. The Morgan fingerprint density at radius 3 is 1.87 bits per heavy atom. The van der Waals surface area contributed by atoms with Crippen LogP contribution in [0.15, 0.2) is 12.4 Å². The van der Waals surface area contributed by atoms with Crippen LogP contribution in [0, 0.1) is 46.3 Å². The van der Waals surface area contributed by atoms with Crippen LogP contribution in [0.5, 0.6) is 0 Å². The van der Waals surface area contributed by atoms with Crippen LogP contribution in [0.2, 0.25) is 0 Å². The lowest BCUT2D eigenvalue weighted by Gasteiger charge is -2.64. The molecule has 19 nitrogen and oxygen atoms in total. The molecule has 4 aliphatic carbocycles. The Bertz CT molecular complexity index is 1770. The van der Waals surface area contributed by atoms with Gasteiger partial charge in [0, 0.05) is 5.41 Å². The summed E-state index contributed by atoms with van der Waals surface area (Å²) in [4.78, 5) is 0. The highest BCUT2D eigenvalue weighted by atomic mass is 16.6. The molecule has 0 bridgehead atoms. The highest BCUT2D eigenvalue weighted by Crippen LogP contribution is 2.69. The molecule has 2 saturated heterocycles. The van der Waals surface area contributed by atoms with Crippen LogP contribution >= 0.6 is 0 Å². The normalized spacial score (nSPS) is 46.8. The Hall–Kier alpha value is -2.24. The van der Waals surface area contributed by atoms with E-state index in [-0.39, 0.29) is 66.0 Å². The first-order valence-corrected chi connectivity index (χ1v) is 22.5. The van der Waals surface area contributed by atoms with E-state index in [1.165, 1.54) is 9.36 Å². The number of aliphatic hydroxyl groups excluding tert-OH is 9. The molecule has 2 aromatic heterocycles. The van der Waals surface area contributed by atoms with Crippen LogP contribution in [0.4, 0.5) is 0 Å². The van der Waals surface area contributed by atoms with E-state index in [4.69, 9.17) is 18.9 Å². The molecule has 0 aromatic carbocycles. The van der Waals surface area contributed by atoms with Crippen LogP contribution in [0.25, 0.3) is 0 Å². The first-order chi connectivity index (χ1) is 29.1. The van der Waals surface area contributed by atoms with Gasteiger partial charge in [0.1, 0.15) is 60.2 Å². The molecule has 6 aliphatic rings. The molecular weight excluding hydrogens is 796 g/mol. The number of aromatic nitrogens is 6. The fourth-order valence-corrected chi connectivity index (χ4v) is 13.1. The lowest BCUT2D eigenvalue weighted by atomic mass is 9.43. The molecule has 4 unspecified atom stereocenters. The SMILES string of the molecule is CCC[C@@H](C)[C@H]1CC[C@H]2[C@@H]3[C@H](OCc4cn([C@@H]5OC(CO)[C@@H](O)C(O)[C@@H]5O)nn4)C[C@@H]4C[C@H](O)CC[C@]4(C)[C@H]3C[C@H](OCc3cn([C@@H]4OC(CO)[C@@H](O)C(O)[C@@H]4O)nn3)[C@]12C. The van der Waals surface area contributed by atoms with E-state index in [2.05, 4.69) is 48.3 Å². The summed E-state index contributed by atoms with van der Waals surface area (Å²) in [5.41, 5.74) is 0.747. The molecule has 21 atom stereocenters. The summed E-state index contributed by atoms with van der Waals surface area (Å²) < 4.78 is 28.1. The highest BCUT2D eigenvalue weighted by Gasteiger charge is 2.66. The average Bonchev–Trinajstić information content (AvgIpc) is 4.00. The molecule has 2 aromatic rings. The van der Waals surface area contributed by atoms with Crippen molar-refractivity contribution in [2.24, 2.45) is 46.3 Å². The predicted octanol–water partition coefficient (Wildman–Crippen LogP) is -0.0392. The third kappa shape index (κ3) is 8.01. The van der Waals surface area contributed by atoms with E-state index >= 15 is 0 Å². The van der Waals surface area contributed by atoms with Crippen LogP contribution in [0.1, 0.15) is 109 Å². The van der Waals surface area contributed by atoms with Crippen molar-refractivity contribution in [1.82, 2.24) is 30.0 Å². The lowest BCUT2D eigenvalue weighted by Crippen LogP contribution is -2.63. The molecule has 9 N–H and O–H groups in total. The first kappa shape index (κ1) is 45.3. The topological polar surface area (TPSA) is 280 Å². The minimum absolute atomic E-state index is 0.0572. The number of hydrogen-bond acceptors (Lipinski definition) is 17. The predicted molar refractivity (Wildman–Crippen MR) is 211 cm³/mol. The van der Waals surface area contributed by atoms with Crippen molar-refractivity contribution in [2.45, 2.75) is 178 Å². The average molecular weight is 865 g/mol. The second kappa shape index (κ2) is 18.0. The second-order valence-electron chi connectivity index (χ2n) is 19.7. The summed E-state index contributed by atoms with van der Waals surface area (Å²) in [6.07, 6.45) is -2.82. The summed E-state index contributed by atoms with van der Waals surface area (Å²) in [6, 6.07) is 0. The smallest absolute Gasteiger partial charge is 0.180 e. The highest BCUT2D eigenvalue weighted by molar-refractivity contribution is 5.15. The maximum atomic E-state index is 11.0. The fraction of sp³-hybridized carbons (Fsp3) is 0.905. The van der Waals surface area contributed by atoms with Crippen molar-refractivity contribution in [2.75, 3.05) is 13.2 Å². The lowest BCUT2D eigenvalue weighted by molar-refractivity contribution is -0.254. The van der Waals surface area contributed by atoms with Gasteiger partial charge in [0.15, 0.2) is 12.5 Å². The Kier molecular flexibility index (Phi) is 13.4. The van der Waals surface area contributed by atoms with Gasteiger partial charge in [0.25, 0.3) is 0 Å². The fourth-order valence-electron chi connectivity index (χ4n) is 13.1. The molecule has 8 rings (SSSR count). The van der Waals surface area contributed by atoms with E-state index < -0.39 is 74.5 Å². The second-order valence-corrected chi connectivity index (χ2v) is 19.7. The monoisotopic (exact) mass is 864 g/mol. The van der Waals surface area contributed by atoms with Gasteiger partial charge < -0.3 is 64.9 Å². The van der Waals surface area contributed by atoms with E-state index in [0.717, 1.165) is 51.4 Å². The molecule has 4 saturated carbocycles. The van der Waals surface area contributed by atoms with Crippen LogP contribution in [-0.4, -0.2) is 156 Å². The van der Waals surface area contributed by atoms with Gasteiger partial charge in [-0.2, -0.15) is 0 Å². The Morgan fingerprint density at radius 2 is 1.31 bits per heavy atom. The first-order valence-electron chi connectivity index (χ1n) is 22.5. The molecule has 0 radical (unpaired) electrons. The van der Waals surface area contributed by atoms with Gasteiger partial charge in [-0.3, -0.25) is 0 Å².